The van der Waals surface area contributed by atoms with Crippen molar-refractivity contribution in [3.63, 3.8) is 0 Å². The van der Waals surface area contributed by atoms with Crippen LogP contribution < -0.4 is 0 Å². The average Bonchev–Trinajstić information content (AvgIpc) is 2.46. The Labute approximate surface area is 80.0 Å². The summed E-state index contributed by atoms with van der Waals surface area (Å²) < 4.78 is 5.09. The van der Waals surface area contributed by atoms with E-state index < -0.39 is 17.9 Å². The van der Waals surface area contributed by atoms with E-state index in [4.69, 9.17) is 14.6 Å². The molecule has 2 N–H and O–H groups in total. The van der Waals surface area contributed by atoms with Gasteiger partial charge in [-0.1, -0.05) is 0 Å². The lowest BCUT2D eigenvalue weighted by Crippen LogP contribution is -2.25. The molecule has 0 amide bonds. The first-order chi connectivity index (χ1) is 6.50. The van der Waals surface area contributed by atoms with E-state index in [1.165, 1.54) is 0 Å². The number of furan rings is 1. The van der Waals surface area contributed by atoms with Crippen LogP contribution in [0.4, 0.5) is 0 Å². The Bertz CT molecular complexity index is 338. The molecule has 1 aromatic rings. The summed E-state index contributed by atoms with van der Waals surface area (Å²) in [5.74, 6) is -3.15. The van der Waals surface area contributed by atoms with Crippen LogP contribution in [-0.2, 0) is 16.0 Å². The Morgan fingerprint density at radius 1 is 1.36 bits per heavy atom. The van der Waals surface area contributed by atoms with Crippen molar-refractivity contribution in [1.29, 1.82) is 0 Å². The van der Waals surface area contributed by atoms with Gasteiger partial charge in [-0.25, -0.2) is 0 Å². The molecule has 0 atom stereocenters. The van der Waals surface area contributed by atoms with E-state index in [1.807, 2.05) is 0 Å². The molecule has 0 aliphatic rings. The standard InChI is InChI=1S/C9H10O5/c1-5-2-3-6(14-5)4-7(8(10)11)9(12)13/h2-3,7H,4H2,1H3,(H,10,11)(H,12,13). The maximum absolute atomic E-state index is 10.5. The highest BCUT2D eigenvalue weighted by Gasteiger charge is 2.27. The highest BCUT2D eigenvalue weighted by atomic mass is 16.4. The van der Waals surface area contributed by atoms with Gasteiger partial charge in [0.2, 0.25) is 0 Å². The van der Waals surface area contributed by atoms with Gasteiger partial charge >= 0.3 is 11.9 Å². The molecule has 0 radical (unpaired) electrons. The monoisotopic (exact) mass is 198 g/mol. The number of aliphatic carboxylic acids is 2. The molecule has 5 nitrogen and oxygen atoms in total. The van der Waals surface area contributed by atoms with Gasteiger partial charge in [0, 0.05) is 6.42 Å². The number of hydrogen-bond acceptors (Lipinski definition) is 3. The molecule has 0 saturated carbocycles. The number of hydrogen-bond donors (Lipinski definition) is 2. The Morgan fingerprint density at radius 2 is 1.93 bits per heavy atom. The Morgan fingerprint density at radius 3 is 2.29 bits per heavy atom. The Hall–Kier alpha value is -1.78. The first-order valence-electron chi connectivity index (χ1n) is 4.01. The third kappa shape index (κ3) is 2.35. The molecule has 1 heterocycles. The molecule has 0 saturated heterocycles. The molecule has 1 rings (SSSR count). The van der Waals surface area contributed by atoms with Crippen molar-refractivity contribution in [2.75, 3.05) is 0 Å². The topological polar surface area (TPSA) is 87.7 Å². The van der Waals surface area contributed by atoms with Gasteiger partial charge in [0.15, 0.2) is 5.92 Å². The van der Waals surface area contributed by atoms with Crippen molar-refractivity contribution < 1.29 is 24.2 Å². The van der Waals surface area contributed by atoms with Gasteiger partial charge in [0.1, 0.15) is 11.5 Å². The summed E-state index contributed by atoms with van der Waals surface area (Å²) in [6, 6.07) is 3.24. The summed E-state index contributed by atoms with van der Waals surface area (Å²) in [4.78, 5) is 21.1. The molecule has 0 bridgehead atoms. The van der Waals surface area contributed by atoms with Crippen LogP contribution in [0.5, 0.6) is 0 Å². The van der Waals surface area contributed by atoms with Gasteiger partial charge in [0.05, 0.1) is 0 Å². The summed E-state index contributed by atoms with van der Waals surface area (Å²) in [5.41, 5.74) is 0. The number of carboxylic acid groups (broad SMARTS) is 2. The lowest BCUT2D eigenvalue weighted by molar-refractivity contribution is -0.154. The van der Waals surface area contributed by atoms with Crippen LogP contribution in [0.1, 0.15) is 11.5 Å². The minimum atomic E-state index is -1.44. The average molecular weight is 198 g/mol. The van der Waals surface area contributed by atoms with Crippen LogP contribution in [0, 0.1) is 12.8 Å². The van der Waals surface area contributed by atoms with Crippen LogP contribution in [0.3, 0.4) is 0 Å². The summed E-state index contributed by atoms with van der Waals surface area (Å²) in [5, 5.41) is 17.2. The van der Waals surface area contributed by atoms with Crippen LogP contribution in [0.2, 0.25) is 0 Å². The van der Waals surface area contributed by atoms with E-state index >= 15 is 0 Å². The second kappa shape index (κ2) is 3.95. The van der Waals surface area contributed by atoms with Crippen molar-refractivity contribution in [3.8, 4) is 0 Å². The molecule has 0 spiro atoms. The summed E-state index contributed by atoms with van der Waals surface area (Å²) in [6.07, 6.45) is -0.126. The summed E-state index contributed by atoms with van der Waals surface area (Å²) in [7, 11) is 0. The lowest BCUT2D eigenvalue weighted by atomic mass is 10.1. The largest absolute Gasteiger partial charge is 0.481 e. The maximum atomic E-state index is 10.5. The molecule has 0 aliphatic carbocycles. The predicted octanol–water partition coefficient (Wildman–Crippen LogP) is 0.916. The van der Waals surface area contributed by atoms with Crippen LogP contribution >= 0.6 is 0 Å². The second-order valence-corrected chi connectivity index (χ2v) is 2.95. The van der Waals surface area contributed by atoms with Crippen LogP contribution in [-0.4, -0.2) is 22.2 Å². The zero-order chi connectivity index (χ0) is 10.7. The highest BCUT2D eigenvalue weighted by Crippen LogP contribution is 2.12. The van der Waals surface area contributed by atoms with Crippen molar-refractivity contribution in [2.45, 2.75) is 13.3 Å². The van der Waals surface area contributed by atoms with E-state index in [0.29, 0.717) is 11.5 Å². The van der Waals surface area contributed by atoms with E-state index in [9.17, 15) is 9.59 Å². The molecule has 76 valence electrons. The van der Waals surface area contributed by atoms with Crippen molar-refractivity contribution in [1.82, 2.24) is 0 Å². The molecule has 0 unspecified atom stereocenters. The van der Waals surface area contributed by atoms with Crippen molar-refractivity contribution in [3.05, 3.63) is 23.7 Å². The normalized spacial score (nSPS) is 10.4. The first-order valence-corrected chi connectivity index (χ1v) is 4.01. The molecule has 14 heavy (non-hydrogen) atoms. The van der Waals surface area contributed by atoms with Gasteiger partial charge < -0.3 is 14.6 Å². The van der Waals surface area contributed by atoms with E-state index in [-0.39, 0.29) is 6.42 Å². The Kier molecular flexibility index (Phi) is 2.91. The fraction of sp³-hybridized carbons (Fsp3) is 0.333. The zero-order valence-electron chi connectivity index (χ0n) is 7.56. The molecule has 0 fully saturated rings. The number of carbonyl (C=O) groups is 2. The first kappa shape index (κ1) is 10.3. The molecular weight excluding hydrogens is 188 g/mol. The maximum Gasteiger partial charge on any atom is 0.318 e. The zero-order valence-corrected chi connectivity index (χ0v) is 7.56. The fourth-order valence-corrected chi connectivity index (χ4v) is 1.08. The minimum absolute atomic E-state index is 0.126. The van der Waals surface area contributed by atoms with E-state index in [0.717, 1.165) is 0 Å². The molecule has 0 aromatic carbocycles. The lowest BCUT2D eigenvalue weighted by Gasteiger charge is -2.03. The van der Waals surface area contributed by atoms with Gasteiger partial charge in [-0.3, -0.25) is 9.59 Å². The van der Waals surface area contributed by atoms with E-state index in [1.54, 1.807) is 19.1 Å². The van der Waals surface area contributed by atoms with E-state index in [2.05, 4.69) is 0 Å². The minimum Gasteiger partial charge on any atom is -0.481 e. The number of aryl methyl sites for hydroxylation is 1. The summed E-state index contributed by atoms with van der Waals surface area (Å²) >= 11 is 0. The van der Waals surface area contributed by atoms with Crippen LogP contribution in [0.25, 0.3) is 0 Å². The second-order valence-electron chi connectivity index (χ2n) is 2.95. The van der Waals surface area contributed by atoms with Gasteiger partial charge in [-0.2, -0.15) is 0 Å². The predicted molar refractivity (Wildman–Crippen MR) is 45.9 cm³/mol. The number of rotatable bonds is 4. The molecule has 0 aliphatic heterocycles. The smallest absolute Gasteiger partial charge is 0.318 e. The fourth-order valence-electron chi connectivity index (χ4n) is 1.08. The van der Waals surface area contributed by atoms with Crippen molar-refractivity contribution >= 4 is 11.9 Å². The Balaban J connectivity index is 2.74. The van der Waals surface area contributed by atoms with Gasteiger partial charge in [-0.15, -0.1) is 0 Å². The SMILES string of the molecule is Cc1ccc(CC(C(=O)O)C(=O)O)o1. The highest BCUT2D eigenvalue weighted by molar-refractivity contribution is 5.93. The van der Waals surface area contributed by atoms with Gasteiger partial charge in [-0.05, 0) is 19.1 Å². The summed E-state index contributed by atoms with van der Waals surface area (Å²) in [6.45, 7) is 1.71. The third-order valence-corrected chi connectivity index (χ3v) is 1.80. The quantitative estimate of drug-likeness (QED) is 0.702. The molecule has 1 aromatic heterocycles. The molecular formula is C9H10O5. The van der Waals surface area contributed by atoms with Crippen molar-refractivity contribution in [2.24, 2.45) is 5.92 Å². The number of carboxylic acids is 2. The third-order valence-electron chi connectivity index (χ3n) is 1.80. The van der Waals surface area contributed by atoms with Gasteiger partial charge in [0.25, 0.3) is 0 Å². The molecule has 5 heteroatoms. The van der Waals surface area contributed by atoms with Crippen LogP contribution in [0.15, 0.2) is 16.5 Å².